The van der Waals surface area contributed by atoms with Gasteiger partial charge >= 0.3 is 0 Å². The fourth-order valence-electron chi connectivity index (χ4n) is 4.11. The van der Waals surface area contributed by atoms with Crippen molar-refractivity contribution in [1.29, 1.82) is 0 Å². The van der Waals surface area contributed by atoms with Crippen LogP contribution >= 0.6 is 24.0 Å². The summed E-state index contributed by atoms with van der Waals surface area (Å²) < 4.78 is 0. The molecule has 3 N–H and O–H groups in total. The van der Waals surface area contributed by atoms with E-state index in [4.69, 9.17) is 0 Å². The van der Waals surface area contributed by atoms with Gasteiger partial charge in [0.15, 0.2) is 5.96 Å². The van der Waals surface area contributed by atoms with Crippen LogP contribution in [-0.2, 0) is 4.79 Å². The van der Waals surface area contributed by atoms with Gasteiger partial charge in [-0.05, 0) is 30.4 Å². The Morgan fingerprint density at radius 3 is 2.48 bits per heavy atom. The van der Waals surface area contributed by atoms with Crippen LogP contribution in [0.3, 0.4) is 0 Å². The second kappa shape index (κ2) is 11.5. The molecule has 1 aromatic rings. The van der Waals surface area contributed by atoms with Gasteiger partial charge in [-0.25, -0.2) is 0 Å². The van der Waals surface area contributed by atoms with E-state index in [1.54, 1.807) is 0 Å². The van der Waals surface area contributed by atoms with E-state index >= 15 is 0 Å². The number of benzene rings is 1. The first-order chi connectivity index (χ1) is 12.8. The van der Waals surface area contributed by atoms with Gasteiger partial charge < -0.3 is 16.0 Å². The van der Waals surface area contributed by atoms with E-state index in [0.29, 0.717) is 6.42 Å². The first kappa shape index (κ1) is 22.0. The summed E-state index contributed by atoms with van der Waals surface area (Å²) in [4.78, 5) is 16.3. The summed E-state index contributed by atoms with van der Waals surface area (Å²) in [5.74, 6) is 1.86. The summed E-state index contributed by atoms with van der Waals surface area (Å²) in [7, 11) is 1.81. The number of carbonyl (C=O) groups excluding carboxylic acids is 1. The van der Waals surface area contributed by atoms with Gasteiger partial charge in [0.25, 0.3) is 0 Å². The molecule has 2 aliphatic rings. The molecule has 0 bridgehead atoms. The number of aliphatic imine (C=N–C) groups is 1. The number of hydrogen-bond acceptors (Lipinski definition) is 2. The Kier molecular flexibility index (Phi) is 9.38. The second-order valence-electron chi connectivity index (χ2n) is 7.58. The molecular weight excluding hydrogens is 451 g/mol. The van der Waals surface area contributed by atoms with Crippen molar-refractivity contribution in [2.24, 2.45) is 10.9 Å². The van der Waals surface area contributed by atoms with E-state index in [0.717, 1.165) is 30.7 Å². The minimum Gasteiger partial charge on any atom is -0.356 e. The number of fused-ring (bicyclic) bond motifs is 1. The highest BCUT2D eigenvalue weighted by Gasteiger charge is 2.24. The monoisotopic (exact) mass is 484 g/mol. The zero-order chi connectivity index (χ0) is 18.2. The molecule has 1 heterocycles. The van der Waals surface area contributed by atoms with E-state index in [9.17, 15) is 4.79 Å². The number of amides is 1. The molecule has 3 rings (SSSR count). The third-order valence-electron chi connectivity index (χ3n) is 5.63. The molecule has 0 aromatic heterocycles. The van der Waals surface area contributed by atoms with E-state index < -0.39 is 0 Å². The Labute approximate surface area is 180 Å². The first-order valence-electron chi connectivity index (χ1n) is 10.1. The SMILES string of the molecule is CN=C(NCC1CCCCCCC1)NCC1CC(=O)Nc2ccccc21.I. The summed E-state index contributed by atoms with van der Waals surface area (Å²) in [6.07, 6.45) is 10.0. The van der Waals surface area contributed by atoms with Crippen LogP contribution in [0.4, 0.5) is 5.69 Å². The second-order valence-corrected chi connectivity index (χ2v) is 7.58. The molecule has 1 aliphatic carbocycles. The first-order valence-corrected chi connectivity index (χ1v) is 10.1. The van der Waals surface area contributed by atoms with Crippen molar-refractivity contribution < 1.29 is 4.79 Å². The van der Waals surface area contributed by atoms with Crippen molar-refractivity contribution in [3.63, 3.8) is 0 Å². The quantitative estimate of drug-likeness (QED) is 0.340. The Morgan fingerprint density at radius 1 is 1.07 bits per heavy atom. The standard InChI is InChI=1S/C21H32N4O.HI/c1-22-21(23-14-16-9-5-3-2-4-6-10-16)24-15-17-13-20(26)25-19-12-8-7-11-18(17)19;/h7-8,11-12,16-17H,2-6,9-10,13-15H2,1H3,(H,25,26)(H2,22,23,24);1H. The Balaban J connectivity index is 0.00000261. The lowest BCUT2D eigenvalue weighted by atomic mass is 9.90. The maximum absolute atomic E-state index is 12.0. The van der Waals surface area contributed by atoms with Crippen molar-refractivity contribution in [1.82, 2.24) is 10.6 Å². The zero-order valence-corrected chi connectivity index (χ0v) is 18.6. The molecular formula is C21H33IN4O. The molecule has 1 fully saturated rings. The highest BCUT2D eigenvalue weighted by molar-refractivity contribution is 14.0. The predicted octanol–water partition coefficient (Wildman–Crippen LogP) is 4.26. The Bertz CT molecular complexity index is 626. The molecule has 150 valence electrons. The molecule has 5 nitrogen and oxygen atoms in total. The Hall–Kier alpha value is -1.31. The number of hydrogen-bond donors (Lipinski definition) is 3. The van der Waals surface area contributed by atoms with Crippen molar-refractivity contribution in [2.75, 3.05) is 25.5 Å². The van der Waals surface area contributed by atoms with Gasteiger partial charge in [0.2, 0.25) is 5.91 Å². The molecule has 27 heavy (non-hydrogen) atoms. The van der Waals surface area contributed by atoms with E-state index in [2.05, 4.69) is 27.0 Å². The number of rotatable bonds is 4. The number of para-hydroxylation sites is 1. The smallest absolute Gasteiger partial charge is 0.225 e. The number of guanidine groups is 1. The maximum atomic E-state index is 12.0. The topological polar surface area (TPSA) is 65.5 Å². The number of nitrogens with zero attached hydrogens (tertiary/aromatic N) is 1. The van der Waals surface area contributed by atoms with Gasteiger partial charge in [-0.3, -0.25) is 9.79 Å². The van der Waals surface area contributed by atoms with Gasteiger partial charge in [-0.2, -0.15) is 0 Å². The molecule has 1 aromatic carbocycles. The molecule has 0 saturated heterocycles. The van der Waals surface area contributed by atoms with Gasteiger partial charge in [0.05, 0.1) is 0 Å². The van der Waals surface area contributed by atoms with Crippen molar-refractivity contribution in [3.05, 3.63) is 29.8 Å². The number of halogens is 1. The van der Waals surface area contributed by atoms with Crippen LogP contribution < -0.4 is 16.0 Å². The number of carbonyl (C=O) groups is 1. The van der Waals surface area contributed by atoms with Crippen molar-refractivity contribution in [2.45, 2.75) is 57.3 Å². The van der Waals surface area contributed by atoms with Crippen molar-refractivity contribution in [3.8, 4) is 0 Å². The highest BCUT2D eigenvalue weighted by atomic mass is 127. The van der Waals surface area contributed by atoms with Crippen LogP contribution in [0.1, 0.15) is 62.8 Å². The third kappa shape index (κ3) is 6.66. The van der Waals surface area contributed by atoms with Crippen LogP contribution in [-0.4, -0.2) is 32.0 Å². The van der Waals surface area contributed by atoms with Crippen LogP contribution in [0.5, 0.6) is 0 Å². The molecule has 6 heteroatoms. The molecule has 1 saturated carbocycles. The van der Waals surface area contributed by atoms with Crippen LogP contribution in [0.15, 0.2) is 29.3 Å². The van der Waals surface area contributed by atoms with Gasteiger partial charge in [-0.15, -0.1) is 24.0 Å². The average molecular weight is 484 g/mol. The van der Waals surface area contributed by atoms with E-state index in [1.807, 2.05) is 25.2 Å². The van der Waals surface area contributed by atoms with Gasteiger partial charge in [0.1, 0.15) is 0 Å². The zero-order valence-electron chi connectivity index (χ0n) is 16.3. The summed E-state index contributed by atoms with van der Waals surface area (Å²) in [6, 6.07) is 8.07. The minimum absolute atomic E-state index is 0. The van der Waals surface area contributed by atoms with E-state index in [1.165, 1.54) is 50.5 Å². The molecule has 1 amide bonds. The summed E-state index contributed by atoms with van der Waals surface area (Å²) in [6.45, 7) is 1.70. The fourth-order valence-corrected chi connectivity index (χ4v) is 4.11. The largest absolute Gasteiger partial charge is 0.356 e. The lowest BCUT2D eigenvalue weighted by Crippen LogP contribution is -2.42. The van der Waals surface area contributed by atoms with Crippen LogP contribution in [0, 0.1) is 5.92 Å². The van der Waals surface area contributed by atoms with Crippen LogP contribution in [0.2, 0.25) is 0 Å². The molecule has 1 aliphatic heterocycles. The molecule has 0 radical (unpaired) electrons. The number of nitrogens with one attached hydrogen (secondary N) is 3. The van der Waals surface area contributed by atoms with Gasteiger partial charge in [-0.1, -0.05) is 50.3 Å². The van der Waals surface area contributed by atoms with Gasteiger partial charge in [0, 0.05) is 38.2 Å². The summed E-state index contributed by atoms with van der Waals surface area (Å²) >= 11 is 0. The lowest BCUT2D eigenvalue weighted by Gasteiger charge is -2.27. The summed E-state index contributed by atoms with van der Waals surface area (Å²) in [5.41, 5.74) is 2.14. The predicted molar refractivity (Wildman–Crippen MR) is 123 cm³/mol. The lowest BCUT2D eigenvalue weighted by molar-refractivity contribution is -0.116. The molecule has 1 unspecified atom stereocenters. The maximum Gasteiger partial charge on any atom is 0.225 e. The average Bonchev–Trinajstić information content (AvgIpc) is 2.62. The normalized spacial score (nSPS) is 21.1. The van der Waals surface area contributed by atoms with Crippen LogP contribution in [0.25, 0.3) is 0 Å². The molecule has 0 spiro atoms. The molecule has 1 atom stereocenters. The Morgan fingerprint density at radius 2 is 1.74 bits per heavy atom. The fraction of sp³-hybridized carbons (Fsp3) is 0.619. The van der Waals surface area contributed by atoms with E-state index in [-0.39, 0.29) is 35.8 Å². The highest BCUT2D eigenvalue weighted by Crippen LogP contribution is 2.31. The minimum atomic E-state index is 0. The van der Waals surface area contributed by atoms with Crippen molar-refractivity contribution >= 4 is 41.5 Å². The number of anilines is 1. The third-order valence-corrected chi connectivity index (χ3v) is 5.63. The summed E-state index contributed by atoms with van der Waals surface area (Å²) in [5, 5.41) is 9.89.